The van der Waals surface area contributed by atoms with E-state index in [1.807, 2.05) is 0 Å². The molecular formula is C23H31ClN3O9P. The number of nitrogens with two attached hydrogens (primary N) is 1. The number of nitrogens with one attached hydrogen (secondary N) is 1. The molecule has 1 aromatic carbocycles. The predicted octanol–water partition coefficient (Wildman–Crippen LogP) is -2.17. The normalized spacial score (nSPS) is 23.5. The Morgan fingerprint density at radius 3 is 2.43 bits per heavy atom. The largest absolute Gasteiger partial charge is 1.00 e. The van der Waals surface area contributed by atoms with Crippen LogP contribution in [0.25, 0.3) is 0 Å². The highest BCUT2D eigenvalue weighted by atomic mass is 35.5. The van der Waals surface area contributed by atoms with E-state index in [4.69, 9.17) is 24.3 Å². The Kier molecular flexibility index (Phi) is 11.0. The number of amides is 1. The van der Waals surface area contributed by atoms with E-state index in [0.29, 0.717) is 0 Å². The smallest absolute Gasteiger partial charge is 0.459 e. The van der Waals surface area contributed by atoms with Gasteiger partial charge in [-0.3, -0.25) is 14.1 Å². The third kappa shape index (κ3) is 8.21. The molecule has 14 heteroatoms. The number of carbonyl (C=O) groups excluding carboxylic acids is 2. The highest BCUT2D eigenvalue weighted by molar-refractivity contribution is 7.52. The molecule has 12 nitrogen and oxygen atoms in total. The Morgan fingerprint density at radius 1 is 1.14 bits per heavy atom. The van der Waals surface area contributed by atoms with E-state index in [0.717, 1.165) is 0 Å². The predicted molar refractivity (Wildman–Crippen MR) is 126 cm³/mol. The fourth-order valence-electron chi connectivity index (χ4n) is 3.42. The minimum absolute atomic E-state index is 0. The van der Waals surface area contributed by atoms with Crippen LogP contribution in [0.5, 0.6) is 5.75 Å². The first-order chi connectivity index (χ1) is 17.0. The van der Waals surface area contributed by atoms with E-state index in [-0.39, 0.29) is 29.8 Å². The summed E-state index contributed by atoms with van der Waals surface area (Å²) in [6, 6.07) is 10.2. The Labute approximate surface area is 220 Å². The summed E-state index contributed by atoms with van der Waals surface area (Å²) in [6.07, 6.45) is -2.50. The lowest BCUT2D eigenvalue weighted by molar-refractivity contribution is -0.765. The van der Waals surface area contributed by atoms with Crippen LogP contribution in [0.15, 0.2) is 54.9 Å². The van der Waals surface area contributed by atoms with Crippen molar-refractivity contribution in [2.75, 3.05) is 6.61 Å². The third-order valence-corrected chi connectivity index (χ3v) is 6.82. The van der Waals surface area contributed by atoms with Crippen molar-refractivity contribution in [2.45, 2.75) is 57.5 Å². The maximum atomic E-state index is 13.6. The van der Waals surface area contributed by atoms with E-state index in [1.54, 1.807) is 44.2 Å². The van der Waals surface area contributed by atoms with Crippen LogP contribution in [0.2, 0.25) is 0 Å². The van der Waals surface area contributed by atoms with Crippen LogP contribution in [-0.4, -0.2) is 59.2 Å². The third-order valence-electron chi connectivity index (χ3n) is 5.17. The van der Waals surface area contributed by atoms with Gasteiger partial charge in [0.15, 0.2) is 18.5 Å². The van der Waals surface area contributed by atoms with Gasteiger partial charge in [0.2, 0.25) is 0 Å². The summed E-state index contributed by atoms with van der Waals surface area (Å²) >= 11 is 0. The molecule has 1 aliphatic rings. The average molecular weight is 560 g/mol. The number of hydrogen-bond donors (Lipinski definition) is 4. The SMILES string of the molecule is CC(C)OC(=O)C(C)NP(=O)(OC[C@H]1O[C@@H]([n+]2cccc(C(N)=O)c2)[C@H](O)[C@@H]1O)Oc1ccccc1.[Cl-]. The van der Waals surface area contributed by atoms with E-state index in [2.05, 4.69) is 5.09 Å². The molecule has 0 saturated carbocycles. The number of ether oxygens (including phenoxy) is 2. The zero-order valence-corrected chi connectivity index (χ0v) is 22.1. The first-order valence-corrected chi connectivity index (χ1v) is 12.8. The van der Waals surface area contributed by atoms with Crippen LogP contribution in [0.4, 0.5) is 0 Å². The van der Waals surface area contributed by atoms with E-state index in [1.165, 1.54) is 36.0 Å². The molecule has 0 radical (unpaired) electrons. The molecule has 0 bridgehead atoms. The van der Waals surface area contributed by atoms with Crippen LogP contribution in [0, 0.1) is 0 Å². The van der Waals surface area contributed by atoms with Gasteiger partial charge in [-0.1, -0.05) is 18.2 Å². The number of para-hydroxylation sites is 1. The molecule has 37 heavy (non-hydrogen) atoms. The number of rotatable bonds is 11. The Balaban J connectivity index is 0.00000481. The first-order valence-electron chi connectivity index (χ1n) is 11.3. The number of nitrogens with zero attached hydrogens (tertiary/aromatic N) is 1. The van der Waals surface area contributed by atoms with Crippen molar-refractivity contribution in [3.8, 4) is 5.75 Å². The number of carbonyl (C=O) groups is 2. The molecule has 3 rings (SSSR count). The minimum Gasteiger partial charge on any atom is -1.00 e. The second-order valence-corrected chi connectivity index (χ2v) is 10.2. The summed E-state index contributed by atoms with van der Waals surface area (Å²) in [4.78, 5) is 23.8. The molecule has 1 amide bonds. The second-order valence-electron chi connectivity index (χ2n) is 8.48. The van der Waals surface area contributed by atoms with Crippen molar-refractivity contribution in [2.24, 2.45) is 5.73 Å². The summed E-state index contributed by atoms with van der Waals surface area (Å²) in [5.74, 6) is -1.13. The van der Waals surface area contributed by atoms with Gasteiger partial charge >= 0.3 is 13.7 Å². The van der Waals surface area contributed by atoms with Gasteiger partial charge in [0, 0.05) is 6.07 Å². The molecule has 204 valence electrons. The molecule has 1 saturated heterocycles. The molecular weight excluding hydrogens is 529 g/mol. The van der Waals surface area contributed by atoms with Gasteiger partial charge in [-0.2, -0.15) is 9.65 Å². The number of aliphatic hydroxyl groups is 2. The topological polar surface area (TPSA) is 171 Å². The number of hydrogen-bond acceptors (Lipinski definition) is 9. The molecule has 2 unspecified atom stereocenters. The fourth-order valence-corrected chi connectivity index (χ4v) is 4.92. The summed E-state index contributed by atoms with van der Waals surface area (Å²) in [6.45, 7) is 4.34. The van der Waals surface area contributed by atoms with Crippen molar-refractivity contribution >= 4 is 19.6 Å². The van der Waals surface area contributed by atoms with Gasteiger partial charge in [0.25, 0.3) is 12.1 Å². The summed E-state index contributed by atoms with van der Waals surface area (Å²) in [5.41, 5.74) is 5.48. The zero-order chi connectivity index (χ0) is 26.5. The standard InChI is InChI=1S/C23H30N3O9P.ClH/c1-14(2)33-23(30)15(3)25-36(31,35-17-9-5-4-6-10-17)32-13-18-19(27)20(28)22(34-18)26-11-7-8-16(12-26)21(24)29;/h4-12,14-15,18-20,22,27-28H,13H2,1-3H3,(H2-,24,25,29,31);1H/t15?,18-,19-,20-,22-,36?;/m1./s1. The summed E-state index contributed by atoms with van der Waals surface area (Å²) in [7, 11) is -4.20. The fraction of sp³-hybridized carbons (Fsp3) is 0.435. The van der Waals surface area contributed by atoms with Gasteiger partial charge < -0.3 is 42.4 Å². The van der Waals surface area contributed by atoms with Gasteiger partial charge in [-0.25, -0.2) is 4.57 Å². The molecule has 1 aliphatic heterocycles. The van der Waals surface area contributed by atoms with Crippen LogP contribution < -0.4 is 32.3 Å². The first kappa shape index (κ1) is 30.7. The summed E-state index contributed by atoms with van der Waals surface area (Å²) in [5, 5.41) is 23.6. The lowest BCUT2D eigenvalue weighted by Crippen LogP contribution is -3.00. The lowest BCUT2D eigenvalue weighted by atomic mass is 10.1. The van der Waals surface area contributed by atoms with Gasteiger partial charge in [-0.05, 0) is 39.0 Å². The molecule has 2 aromatic rings. The van der Waals surface area contributed by atoms with Crippen LogP contribution in [0.3, 0.4) is 0 Å². The van der Waals surface area contributed by atoms with Crippen LogP contribution >= 0.6 is 7.75 Å². The van der Waals surface area contributed by atoms with E-state index >= 15 is 0 Å². The number of esters is 1. The molecule has 0 aliphatic carbocycles. The van der Waals surface area contributed by atoms with Crippen LogP contribution in [0.1, 0.15) is 37.4 Å². The van der Waals surface area contributed by atoms with E-state index < -0.39 is 56.8 Å². The number of aromatic nitrogens is 1. The number of halogens is 1. The average Bonchev–Trinajstić information content (AvgIpc) is 3.11. The lowest BCUT2D eigenvalue weighted by Gasteiger charge is -2.24. The Morgan fingerprint density at radius 2 is 1.81 bits per heavy atom. The molecule has 0 spiro atoms. The number of benzene rings is 1. The maximum Gasteiger partial charge on any atom is 0.459 e. The highest BCUT2D eigenvalue weighted by Crippen LogP contribution is 2.45. The molecule has 2 heterocycles. The van der Waals surface area contributed by atoms with E-state index in [9.17, 15) is 24.4 Å². The van der Waals surface area contributed by atoms with Crippen molar-refractivity contribution in [1.82, 2.24) is 5.09 Å². The molecule has 6 atom stereocenters. The number of pyridine rings is 1. The van der Waals surface area contributed by atoms with Crippen molar-refractivity contribution in [1.29, 1.82) is 0 Å². The maximum absolute atomic E-state index is 13.6. The van der Waals surface area contributed by atoms with Gasteiger partial charge in [0.1, 0.15) is 29.6 Å². The quantitative estimate of drug-likeness (QED) is 0.135. The zero-order valence-electron chi connectivity index (χ0n) is 20.5. The monoisotopic (exact) mass is 559 g/mol. The van der Waals surface area contributed by atoms with Gasteiger partial charge in [0.05, 0.1) is 12.7 Å². The molecule has 5 N–H and O–H groups in total. The summed E-state index contributed by atoms with van der Waals surface area (Å²) < 4.78 is 37.0. The van der Waals surface area contributed by atoms with Crippen LogP contribution in [-0.2, 0) is 23.4 Å². The van der Waals surface area contributed by atoms with Crippen molar-refractivity contribution < 1.29 is 59.9 Å². The number of aliphatic hydroxyl groups excluding tert-OH is 2. The molecule has 1 aromatic heterocycles. The Hall–Kier alpha value is -2.57. The second kappa shape index (κ2) is 13.3. The van der Waals surface area contributed by atoms with Crippen molar-refractivity contribution in [3.05, 3.63) is 60.4 Å². The van der Waals surface area contributed by atoms with Gasteiger partial charge in [-0.15, -0.1) is 0 Å². The number of primary amides is 1. The van der Waals surface area contributed by atoms with Crippen molar-refractivity contribution in [3.63, 3.8) is 0 Å². The minimum atomic E-state index is -4.20. The Bertz CT molecular complexity index is 1110. The highest BCUT2D eigenvalue weighted by Gasteiger charge is 2.49. The molecule has 1 fully saturated rings.